The summed E-state index contributed by atoms with van der Waals surface area (Å²) in [4.78, 5) is 78.1. The van der Waals surface area contributed by atoms with Crippen molar-refractivity contribution >= 4 is 211 Å². The lowest BCUT2D eigenvalue weighted by Gasteiger charge is -2.38. The first kappa shape index (κ1) is 104. The molecule has 5 amide bonds. The predicted octanol–water partition coefficient (Wildman–Crippen LogP) is 17.7. The second-order valence-electron chi connectivity index (χ2n) is 37.5. The molecular weight excluding hydrogens is 2330 g/mol. The van der Waals surface area contributed by atoms with Crippen LogP contribution in [0, 0.1) is 5.92 Å². The number of carbonyl (C=O) groups is 5. The van der Waals surface area contributed by atoms with Crippen molar-refractivity contribution in [3.05, 3.63) is 346 Å². The van der Waals surface area contributed by atoms with E-state index < -0.39 is 0 Å². The SMILES string of the molecule is CC(=O)N1CCC(CC(=O)N2CCC(=C3c4ccc(Cl)c(Br)c4CCc4cc(Br)c[n+](O)c43)CC2)CC1.C[n+]1ccc(CC(=O)N2CCC(=C3c4ccc(Cl)c(Br)c4CCc4cc(Br)c[n+](O)c43)CC2)cc1.C[n+]1ccc(CC(=O)N2CCN(C3c4ccc(Cl)c(Br)c4CCc4cc(Br)c[n+](O)c43)CC2)cc1.C[n+]1ccc(CC(=O)N2CCN(C3c4ccc(Cl)cc4C=Cc4cc(Br)c[n+](O)c43)CC2)cc1. The van der Waals surface area contributed by atoms with Gasteiger partial charge in [0.2, 0.25) is 54.3 Å². The third-order valence-electron chi connectivity index (χ3n) is 28.5. The van der Waals surface area contributed by atoms with Gasteiger partial charge in [0.25, 0.3) is 22.8 Å². The first-order chi connectivity index (χ1) is 67.7. The molecule has 732 valence electrons. The van der Waals surface area contributed by atoms with Gasteiger partial charge in [-0.05, 0) is 316 Å². The molecule has 2 atom stereocenters. The number of rotatable bonds is 10. The molecule has 12 heterocycles. The van der Waals surface area contributed by atoms with Crippen LogP contribution in [0.4, 0.5) is 0 Å². The van der Waals surface area contributed by atoms with Crippen molar-refractivity contribution in [1.29, 1.82) is 0 Å². The molecule has 0 spiro atoms. The van der Waals surface area contributed by atoms with Crippen LogP contribution in [-0.4, -0.2) is 176 Å². The van der Waals surface area contributed by atoms with E-state index in [1.165, 1.54) is 35.6 Å². The number of piperidine rings is 3. The zero-order valence-electron chi connectivity index (χ0n) is 78.6. The Morgan fingerprint density at radius 3 is 1.17 bits per heavy atom. The molecule has 0 bridgehead atoms. The highest BCUT2D eigenvalue weighted by atomic mass is 79.9. The third-order valence-corrected chi connectivity index (χ3v) is 34.8. The molecule has 0 saturated carbocycles. The molecule has 5 fully saturated rings. The Hall–Kier alpha value is -8.86. The first-order valence-electron chi connectivity index (χ1n) is 47.5. The Labute approximate surface area is 900 Å². The summed E-state index contributed by atoms with van der Waals surface area (Å²) in [6, 6.07) is 37.8. The summed E-state index contributed by atoms with van der Waals surface area (Å²) in [7, 11) is 5.90. The highest BCUT2D eigenvalue weighted by Crippen LogP contribution is 2.47. The number of halogens is 11. The van der Waals surface area contributed by atoms with E-state index in [0.29, 0.717) is 117 Å². The fraction of sp³-hybridized carbons (Fsp3) is 0.346. The van der Waals surface area contributed by atoms with Gasteiger partial charge in [0.1, 0.15) is 33.2 Å². The zero-order chi connectivity index (χ0) is 99.5. The maximum absolute atomic E-state index is 13.1. The number of benzene rings is 4. The molecule has 23 nitrogen and oxygen atoms in total. The van der Waals surface area contributed by atoms with Crippen LogP contribution in [0.3, 0.4) is 0 Å². The largest absolute Gasteiger partial charge is 0.343 e. The Balaban J connectivity index is 0.000000130. The number of likely N-dealkylation sites (tertiary alicyclic amines) is 3. The molecule has 20 rings (SSSR count). The van der Waals surface area contributed by atoms with Crippen molar-refractivity contribution in [3.8, 4) is 0 Å². The Bertz CT molecular complexity index is 6780. The summed E-state index contributed by atoms with van der Waals surface area (Å²) < 4.78 is 16.9. The number of fused-ring (bicyclic) bond motifs is 8. The fourth-order valence-corrected chi connectivity index (χ4v) is 25.3. The monoisotopic (exact) mass is 2430 g/mol. The molecular formula is C107H110Br7Cl4N14O9+7. The lowest BCUT2D eigenvalue weighted by Crippen LogP contribution is -2.52. The first-order valence-corrected chi connectivity index (χ1v) is 54.6. The van der Waals surface area contributed by atoms with E-state index >= 15 is 0 Å². The number of aromatic nitrogens is 7. The predicted molar refractivity (Wildman–Crippen MR) is 563 cm³/mol. The lowest BCUT2D eigenvalue weighted by molar-refractivity contribution is -0.911. The van der Waals surface area contributed by atoms with Crippen LogP contribution in [0.15, 0.2) is 220 Å². The minimum atomic E-state index is -0.165. The minimum absolute atomic E-state index is 0.119. The van der Waals surface area contributed by atoms with Crippen LogP contribution >= 0.6 is 158 Å². The Kier molecular flexibility index (Phi) is 33.7. The lowest BCUT2D eigenvalue weighted by atomic mass is 9.88. The van der Waals surface area contributed by atoms with Gasteiger partial charge in [0, 0.05) is 201 Å². The molecule has 4 N–H and O–H groups in total. The smallest absolute Gasteiger partial charge is 0.268 e. The van der Waals surface area contributed by atoms with Gasteiger partial charge in [0.15, 0.2) is 37.2 Å². The van der Waals surface area contributed by atoms with Crippen LogP contribution in [0.1, 0.15) is 170 Å². The molecule has 4 aromatic carbocycles. The number of piperazine rings is 2. The van der Waals surface area contributed by atoms with E-state index in [1.807, 2.05) is 188 Å². The van der Waals surface area contributed by atoms with E-state index in [1.54, 1.807) is 31.7 Å². The normalized spacial score (nSPS) is 17.4. The molecule has 5 saturated heterocycles. The molecule has 4 aliphatic carbocycles. The quantitative estimate of drug-likeness (QED) is 0.0746. The summed E-state index contributed by atoms with van der Waals surface area (Å²) in [5.41, 5.74) is 24.1. The average molecular weight is 2440 g/mol. The zero-order valence-corrected chi connectivity index (χ0v) is 92.7. The van der Waals surface area contributed by atoms with Crippen molar-refractivity contribution in [3.63, 3.8) is 0 Å². The summed E-state index contributed by atoms with van der Waals surface area (Å²) in [5.74, 6) is 1.12. The van der Waals surface area contributed by atoms with Crippen LogP contribution in [-0.2, 0) is 103 Å². The van der Waals surface area contributed by atoms with Crippen molar-refractivity contribution in [1.82, 2.24) is 34.3 Å². The van der Waals surface area contributed by atoms with Gasteiger partial charge in [-0.1, -0.05) is 87.9 Å². The van der Waals surface area contributed by atoms with E-state index in [2.05, 4.69) is 158 Å². The third kappa shape index (κ3) is 23.8. The summed E-state index contributed by atoms with van der Waals surface area (Å²) >= 11 is 50.9. The number of amides is 5. The standard InChI is InChI=1S/C28H31Br2ClN3O3.C27H26Br2ClN3O2.C26H27Br2ClN4O2.C26H26BrClN4O2/c1-17(35)32-10-6-18(7-11-32)14-25(36)33-12-8-19(9-13-33)26-22-4-5-24(31)27(30)23(22)3-2-20-15-21(29)16-34(37)28(20)26;1-31-10-6-17(7-11-31)14-24(34)32-12-8-18(9-13-32)25-21-4-5-23(30)26(29)22(21)3-2-19-15-20(28)16-33(35)27(19)25;1-30-8-6-17(7-9-30)14-23(34)31-10-12-32(13-11-31)26-21-4-5-22(29)24(28)20(21)3-2-18-15-19(27)16-33(35)25(18)26;1-29-8-6-18(7-9-29)14-24(33)30-10-12-31(13-11-30)26-23-5-4-22(28)16-19(23)2-3-20-15-21(27)17-32(34)25(20)26/h4-5,15-16,18,37H,2-3,6-14H2,1H3;4-7,10-11,15-16,35H,2-3,8-9,12-14H2,1H3;4-9,15-16,26,35H,2-3,10-14H2,1H3;2-9,15-17,26,34H,10-14H2,1H3/q+1;3*+2. The van der Waals surface area contributed by atoms with Crippen LogP contribution in [0.5, 0.6) is 0 Å². The number of carbonyl (C=O) groups excluding carboxylic acids is 5. The highest BCUT2D eigenvalue weighted by Gasteiger charge is 2.44. The topological polar surface area (TPSA) is 216 Å². The summed E-state index contributed by atoms with van der Waals surface area (Å²) in [6.45, 7) is 11.2. The molecule has 7 aromatic heterocycles. The van der Waals surface area contributed by atoms with E-state index in [9.17, 15) is 44.8 Å². The molecule has 9 aliphatic rings. The van der Waals surface area contributed by atoms with Crippen molar-refractivity contribution in [2.75, 3.05) is 91.6 Å². The number of aryl methyl sites for hydroxylation is 6. The average Bonchev–Trinajstić information content (AvgIpc) is 1.67. The van der Waals surface area contributed by atoms with Crippen molar-refractivity contribution < 1.29 is 77.4 Å². The van der Waals surface area contributed by atoms with E-state index in [0.717, 1.165) is 246 Å². The maximum Gasteiger partial charge on any atom is 0.268 e. The van der Waals surface area contributed by atoms with Crippen LogP contribution in [0.2, 0.25) is 20.1 Å². The molecule has 5 aliphatic heterocycles. The van der Waals surface area contributed by atoms with E-state index in [-0.39, 0.29) is 41.6 Å². The van der Waals surface area contributed by atoms with Gasteiger partial charge >= 0.3 is 0 Å². The molecule has 34 heteroatoms. The summed E-state index contributed by atoms with van der Waals surface area (Å²) in [5, 5.41) is 46.6. The van der Waals surface area contributed by atoms with Crippen LogP contribution in [0.25, 0.3) is 23.3 Å². The van der Waals surface area contributed by atoms with E-state index in [4.69, 9.17) is 46.4 Å². The fourth-order valence-electron chi connectivity index (χ4n) is 21.1. The number of hydrogen-bond acceptors (Lipinski definition) is 11. The maximum atomic E-state index is 13.1. The Morgan fingerprint density at radius 1 is 0.362 bits per heavy atom. The molecule has 11 aromatic rings. The van der Waals surface area contributed by atoms with Gasteiger partial charge in [-0.15, -0.1) is 0 Å². The van der Waals surface area contributed by atoms with Gasteiger partial charge in [-0.25, -0.2) is 13.7 Å². The number of hydrogen-bond donors (Lipinski definition) is 4. The second kappa shape index (κ2) is 45.8. The summed E-state index contributed by atoms with van der Waals surface area (Å²) in [6.07, 6.45) is 34.0. The minimum Gasteiger partial charge on any atom is -0.343 e. The van der Waals surface area contributed by atoms with Gasteiger partial charge in [-0.2, -0.15) is 0 Å². The van der Waals surface area contributed by atoms with Crippen molar-refractivity contribution in [2.24, 2.45) is 27.1 Å². The number of pyridine rings is 7. The van der Waals surface area contributed by atoms with Crippen LogP contribution < -0.4 is 32.6 Å². The Morgan fingerprint density at radius 2 is 0.723 bits per heavy atom. The van der Waals surface area contributed by atoms with Gasteiger partial charge in [-0.3, -0.25) is 54.6 Å². The highest BCUT2D eigenvalue weighted by molar-refractivity contribution is 9.11. The second-order valence-corrected chi connectivity index (χ2v) is 45.2. The molecule has 2 unspecified atom stereocenters. The van der Waals surface area contributed by atoms with Crippen molar-refractivity contribution in [2.45, 2.75) is 122 Å². The number of nitrogens with zero attached hydrogens (tertiary/aromatic N) is 14. The molecule has 141 heavy (non-hydrogen) atoms. The molecule has 0 radical (unpaired) electrons. The van der Waals surface area contributed by atoms with Gasteiger partial charge < -0.3 is 24.5 Å². The van der Waals surface area contributed by atoms with Gasteiger partial charge in [0.05, 0.1) is 63.4 Å².